The summed E-state index contributed by atoms with van der Waals surface area (Å²) in [5, 5.41) is 11.2. The van der Waals surface area contributed by atoms with Gasteiger partial charge in [0.1, 0.15) is 29.0 Å². The smallest absolute Gasteiger partial charge is 0.497 e. The van der Waals surface area contributed by atoms with Crippen LogP contribution in [0.4, 0.5) is 18.9 Å². The highest BCUT2D eigenvalue weighted by Gasteiger charge is 2.64. The van der Waals surface area contributed by atoms with Crippen molar-refractivity contribution in [2.24, 2.45) is 0 Å². The van der Waals surface area contributed by atoms with E-state index in [-0.39, 0.29) is 52.9 Å². The number of rotatable bonds is 10. The molecular formula is C36H32ClF3N2O9S. The van der Waals surface area contributed by atoms with Crippen LogP contribution in [0.5, 0.6) is 17.2 Å². The van der Waals surface area contributed by atoms with E-state index in [9.17, 15) is 31.5 Å². The molecule has 11 nitrogen and oxygen atoms in total. The maximum absolute atomic E-state index is 15.4. The van der Waals surface area contributed by atoms with E-state index < -0.39 is 56.6 Å². The lowest BCUT2D eigenvalue weighted by atomic mass is 9.80. The Morgan fingerprint density at radius 2 is 1.69 bits per heavy atom. The zero-order valence-corrected chi connectivity index (χ0v) is 29.5. The van der Waals surface area contributed by atoms with Crippen molar-refractivity contribution in [2.45, 2.75) is 48.9 Å². The molecule has 0 aromatic heterocycles. The highest BCUT2D eigenvalue weighted by atomic mass is 35.5. The van der Waals surface area contributed by atoms with Crippen LogP contribution in [0, 0.1) is 6.92 Å². The van der Waals surface area contributed by atoms with Gasteiger partial charge in [-0.05, 0) is 55.0 Å². The molecule has 2 aliphatic heterocycles. The molecule has 0 saturated carbocycles. The fraction of sp³-hybridized carbons (Fsp3) is 0.278. The van der Waals surface area contributed by atoms with E-state index in [1.807, 2.05) is 0 Å². The van der Waals surface area contributed by atoms with Gasteiger partial charge in [-0.2, -0.15) is 0 Å². The predicted molar refractivity (Wildman–Crippen MR) is 182 cm³/mol. The van der Waals surface area contributed by atoms with Crippen LogP contribution in [0.25, 0.3) is 0 Å². The summed E-state index contributed by atoms with van der Waals surface area (Å²) in [6.07, 6.45) is -6.73. The molecule has 1 saturated heterocycles. The van der Waals surface area contributed by atoms with Crippen LogP contribution in [-0.2, 0) is 36.5 Å². The molecule has 4 aromatic carbocycles. The zero-order valence-electron chi connectivity index (χ0n) is 27.9. The van der Waals surface area contributed by atoms with Crippen LogP contribution in [0.2, 0.25) is 5.02 Å². The van der Waals surface area contributed by atoms with Crippen molar-refractivity contribution in [2.75, 3.05) is 25.1 Å². The second-order valence-corrected chi connectivity index (χ2v) is 14.4. The third-order valence-electron chi connectivity index (χ3n) is 8.91. The van der Waals surface area contributed by atoms with Gasteiger partial charge in [0.2, 0.25) is 0 Å². The number of methoxy groups -OCH3 is 2. The van der Waals surface area contributed by atoms with E-state index in [4.69, 9.17) is 25.8 Å². The third kappa shape index (κ3) is 6.53. The van der Waals surface area contributed by atoms with Crippen LogP contribution >= 0.6 is 11.6 Å². The van der Waals surface area contributed by atoms with E-state index in [1.54, 1.807) is 55.5 Å². The number of likely N-dealkylation sites (tertiary alicyclic amines) is 1. The number of aliphatic hydroxyl groups is 1. The number of benzene rings is 4. The molecule has 4 aromatic rings. The molecule has 2 heterocycles. The van der Waals surface area contributed by atoms with Gasteiger partial charge in [0.25, 0.3) is 15.9 Å². The Balaban J connectivity index is 1.60. The average molecular weight is 761 g/mol. The number of halogens is 4. The monoisotopic (exact) mass is 760 g/mol. The maximum atomic E-state index is 15.4. The van der Waals surface area contributed by atoms with E-state index in [2.05, 4.69) is 4.74 Å². The molecular weight excluding hydrogens is 729 g/mol. The van der Waals surface area contributed by atoms with Crippen molar-refractivity contribution in [3.8, 4) is 17.2 Å². The SMILES string of the molecule is COc1ccc(S(=O)(=O)N2C(=O)C(c3cc(C)ccc3OC)(N3C[C@H](O)C[C@H]3C(=O)OCc3ccccc3)c3cc(Cl)ccc32)c(OC(F)(F)F)c1. The molecule has 1 N–H and O–H groups in total. The Morgan fingerprint density at radius 1 is 0.962 bits per heavy atom. The predicted octanol–water partition coefficient (Wildman–Crippen LogP) is 5.72. The first-order valence-electron chi connectivity index (χ1n) is 15.8. The lowest BCUT2D eigenvalue weighted by Crippen LogP contribution is -2.58. The quantitative estimate of drug-likeness (QED) is 0.200. The molecule has 52 heavy (non-hydrogen) atoms. The number of hydrogen-bond acceptors (Lipinski definition) is 10. The van der Waals surface area contributed by atoms with Crippen molar-refractivity contribution in [3.05, 3.63) is 112 Å². The minimum Gasteiger partial charge on any atom is -0.497 e. The second-order valence-electron chi connectivity index (χ2n) is 12.2. The topological polar surface area (TPSA) is 132 Å². The minimum atomic E-state index is -5.32. The van der Waals surface area contributed by atoms with Gasteiger partial charge in [-0.1, -0.05) is 53.6 Å². The molecule has 0 aliphatic carbocycles. The average Bonchev–Trinajstić information content (AvgIpc) is 3.61. The summed E-state index contributed by atoms with van der Waals surface area (Å²) in [7, 11) is -2.77. The number of nitrogens with zero attached hydrogens (tertiary/aromatic N) is 2. The summed E-state index contributed by atoms with van der Waals surface area (Å²) < 4.78 is 91.2. The number of alkyl halides is 3. The number of ether oxygens (including phenoxy) is 4. The highest BCUT2D eigenvalue weighted by Crippen LogP contribution is 2.55. The second kappa shape index (κ2) is 14.0. The van der Waals surface area contributed by atoms with Crippen LogP contribution < -0.4 is 18.5 Å². The Morgan fingerprint density at radius 3 is 2.37 bits per heavy atom. The fourth-order valence-electron chi connectivity index (χ4n) is 6.75. The largest absolute Gasteiger partial charge is 0.573 e. The van der Waals surface area contributed by atoms with Crippen LogP contribution in [-0.4, -0.2) is 69.6 Å². The molecule has 16 heteroatoms. The van der Waals surface area contributed by atoms with Gasteiger partial charge in [-0.15, -0.1) is 13.2 Å². The zero-order chi connectivity index (χ0) is 37.6. The Labute approximate surface area is 302 Å². The first-order chi connectivity index (χ1) is 24.6. The number of aryl methyl sites for hydroxylation is 1. The lowest BCUT2D eigenvalue weighted by Gasteiger charge is -2.41. The number of sulfonamides is 1. The van der Waals surface area contributed by atoms with Gasteiger partial charge >= 0.3 is 12.3 Å². The van der Waals surface area contributed by atoms with Gasteiger partial charge < -0.3 is 24.1 Å². The number of hydrogen-bond donors (Lipinski definition) is 1. The normalized spacial score (nSPS) is 20.5. The van der Waals surface area contributed by atoms with Crippen LogP contribution in [0.1, 0.15) is 28.7 Å². The number of β-amino-alcohol motifs (C(OH)–C–C–N with tert-alkyl or cyclic N) is 1. The summed E-state index contributed by atoms with van der Waals surface area (Å²) in [6, 6.07) is 18.8. The molecule has 1 unspecified atom stereocenters. The minimum absolute atomic E-state index is 0.0424. The van der Waals surface area contributed by atoms with Crippen molar-refractivity contribution >= 4 is 39.2 Å². The van der Waals surface area contributed by atoms with Crippen molar-refractivity contribution < 1.29 is 55.2 Å². The molecule has 2 aliphatic rings. The van der Waals surface area contributed by atoms with Gasteiger partial charge in [-0.3, -0.25) is 14.5 Å². The lowest BCUT2D eigenvalue weighted by molar-refractivity contribution is -0.275. The molecule has 0 bridgehead atoms. The van der Waals surface area contributed by atoms with Crippen molar-refractivity contribution in [1.29, 1.82) is 0 Å². The highest BCUT2D eigenvalue weighted by molar-refractivity contribution is 7.93. The molecule has 6 rings (SSSR count). The number of esters is 1. The van der Waals surface area contributed by atoms with E-state index >= 15 is 4.79 Å². The van der Waals surface area contributed by atoms with Gasteiger partial charge in [0.05, 0.1) is 26.0 Å². The summed E-state index contributed by atoms with van der Waals surface area (Å²) in [4.78, 5) is 29.7. The Bertz CT molecular complexity index is 2140. The first-order valence-corrected chi connectivity index (χ1v) is 17.6. The number of amides is 1. The van der Waals surface area contributed by atoms with Crippen LogP contribution in [0.15, 0.2) is 89.8 Å². The van der Waals surface area contributed by atoms with Gasteiger partial charge in [0.15, 0.2) is 11.3 Å². The number of carbonyl (C=O) groups is 2. The molecule has 1 fully saturated rings. The number of carbonyl (C=O) groups excluding carboxylic acids is 2. The fourth-order valence-corrected chi connectivity index (χ4v) is 8.48. The summed E-state index contributed by atoms with van der Waals surface area (Å²) in [5.41, 5.74) is -1.23. The maximum Gasteiger partial charge on any atom is 0.573 e. The molecule has 3 atom stereocenters. The van der Waals surface area contributed by atoms with E-state index in [1.165, 1.54) is 37.3 Å². The van der Waals surface area contributed by atoms with Crippen molar-refractivity contribution in [1.82, 2.24) is 4.90 Å². The summed E-state index contributed by atoms with van der Waals surface area (Å²) in [5.74, 6) is -3.23. The number of anilines is 1. The third-order valence-corrected chi connectivity index (χ3v) is 10.9. The molecule has 0 spiro atoms. The standard InChI is InChI=1S/C36H32ClF3N2O9S/c1-21-9-13-30(49-3)27(15-21)35(41-19-24(43)17-29(41)33(44)50-20-22-7-5-4-6-8-22)26-16-23(37)10-12-28(26)42(34(35)45)52(46,47)32-14-11-25(48-2)18-31(32)51-36(38,39)40/h4-16,18,24,29,43H,17,19-20H2,1-3H3/t24-,29+,35?/m1/s1. The van der Waals surface area contributed by atoms with E-state index in [0.29, 0.717) is 15.4 Å². The van der Waals surface area contributed by atoms with E-state index in [0.717, 1.165) is 18.2 Å². The first kappa shape index (κ1) is 36.9. The molecule has 1 amide bonds. The Kier molecular flexibility index (Phi) is 9.91. The molecule has 274 valence electrons. The summed E-state index contributed by atoms with van der Waals surface area (Å²) >= 11 is 6.52. The Hall–Kier alpha value is -4.83. The van der Waals surface area contributed by atoms with Gasteiger partial charge in [-0.25, -0.2) is 12.7 Å². The van der Waals surface area contributed by atoms with Gasteiger partial charge in [0, 0.05) is 35.2 Å². The van der Waals surface area contributed by atoms with Crippen molar-refractivity contribution in [3.63, 3.8) is 0 Å². The summed E-state index contributed by atoms with van der Waals surface area (Å²) in [6.45, 7) is 1.24. The number of aliphatic hydroxyl groups excluding tert-OH is 1. The van der Waals surface area contributed by atoms with Crippen LogP contribution in [0.3, 0.4) is 0 Å². The molecule has 0 radical (unpaired) electrons. The number of fused-ring (bicyclic) bond motifs is 1.